The van der Waals surface area contributed by atoms with Crippen LogP contribution in [-0.4, -0.2) is 29.3 Å². The zero-order valence-electron chi connectivity index (χ0n) is 17.8. The van der Waals surface area contributed by atoms with E-state index in [4.69, 9.17) is 0 Å². The van der Waals surface area contributed by atoms with Crippen molar-refractivity contribution in [2.45, 2.75) is 51.5 Å². The van der Waals surface area contributed by atoms with Gasteiger partial charge in [0.2, 0.25) is 5.91 Å². The molecule has 0 bridgehead atoms. The SMILES string of the molecule is CCCCC1(c2ccccc2)NC(=O)N(CC(=O)Nc2cccc(C(C)C)c2)C1=O. The van der Waals surface area contributed by atoms with Crippen LogP contribution in [0.15, 0.2) is 54.6 Å². The summed E-state index contributed by atoms with van der Waals surface area (Å²) in [5.41, 5.74) is 1.37. The molecule has 6 nitrogen and oxygen atoms in total. The topological polar surface area (TPSA) is 78.5 Å². The molecule has 1 heterocycles. The molecule has 0 aliphatic carbocycles. The molecule has 2 aromatic rings. The molecule has 6 heteroatoms. The lowest BCUT2D eigenvalue weighted by Crippen LogP contribution is -2.44. The van der Waals surface area contributed by atoms with Gasteiger partial charge in [0.15, 0.2) is 0 Å². The number of hydrogen-bond donors (Lipinski definition) is 2. The molecule has 0 aromatic heterocycles. The van der Waals surface area contributed by atoms with Crippen LogP contribution in [-0.2, 0) is 15.1 Å². The average Bonchev–Trinajstić information content (AvgIpc) is 2.98. The van der Waals surface area contributed by atoms with Gasteiger partial charge in [-0.2, -0.15) is 0 Å². The third-order valence-corrected chi connectivity index (χ3v) is 5.49. The predicted molar refractivity (Wildman–Crippen MR) is 117 cm³/mol. The first-order valence-corrected chi connectivity index (χ1v) is 10.5. The van der Waals surface area contributed by atoms with Crippen molar-refractivity contribution in [3.05, 3.63) is 65.7 Å². The van der Waals surface area contributed by atoms with Gasteiger partial charge in [0.05, 0.1) is 0 Å². The van der Waals surface area contributed by atoms with Crippen LogP contribution < -0.4 is 10.6 Å². The maximum absolute atomic E-state index is 13.3. The van der Waals surface area contributed by atoms with Gasteiger partial charge in [-0.1, -0.05) is 76.1 Å². The van der Waals surface area contributed by atoms with E-state index in [-0.39, 0.29) is 12.5 Å². The standard InChI is InChI=1S/C24H29N3O3/c1-4-5-14-24(19-11-7-6-8-12-19)22(29)27(23(30)26-24)16-21(28)25-20-13-9-10-18(15-20)17(2)3/h6-13,15,17H,4-5,14,16H2,1-3H3,(H,25,28)(H,26,30). The minimum absolute atomic E-state index is 0.322. The minimum atomic E-state index is -1.12. The van der Waals surface area contributed by atoms with Crippen molar-refractivity contribution < 1.29 is 14.4 Å². The van der Waals surface area contributed by atoms with Crippen molar-refractivity contribution in [3.63, 3.8) is 0 Å². The second-order valence-corrected chi connectivity index (χ2v) is 8.02. The molecule has 0 spiro atoms. The molecule has 3 rings (SSSR count). The normalized spacial score (nSPS) is 18.6. The van der Waals surface area contributed by atoms with Gasteiger partial charge in [0, 0.05) is 5.69 Å². The van der Waals surface area contributed by atoms with Gasteiger partial charge in [-0.25, -0.2) is 4.79 Å². The number of nitrogens with one attached hydrogen (secondary N) is 2. The highest BCUT2D eigenvalue weighted by molar-refractivity contribution is 6.10. The predicted octanol–water partition coefficient (Wildman–Crippen LogP) is 4.39. The van der Waals surface area contributed by atoms with E-state index in [9.17, 15) is 14.4 Å². The van der Waals surface area contributed by atoms with Gasteiger partial charge in [-0.15, -0.1) is 0 Å². The van der Waals surface area contributed by atoms with Crippen molar-refractivity contribution in [3.8, 4) is 0 Å². The van der Waals surface area contributed by atoms with E-state index >= 15 is 0 Å². The minimum Gasteiger partial charge on any atom is -0.325 e. The summed E-state index contributed by atoms with van der Waals surface area (Å²) in [4.78, 5) is 39.7. The molecule has 158 valence electrons. The fourth-order valence-electron chi connectivity index (χ4n) is 3.76. The maximum Gasteiger partial charge on any atom is 0.325 e. The molecule has 1 saturated heterocycles. The van der Waals surface area contributed by atoms with E-state index in [2.05, 4.69) is 24.5 Å². The number of benzene rings is 2. The highest BCUT2D eigenvalue weighted by Crippen LogP contribution is 2.34. The van der Waals surface area contributed by atoms with Gasteiger partial charge in [0.1, 0.15) is 12.1 Å². The molecule has 2 N–H and O–H groups in total. The number of carbonyl (C=O) groups is 3. The van der Waals surface area contributed by atoms with Crippen LogP contribution in [0.1, 0.15) is 57.1 Å². The number of urea groups is 1. The van der Waals surface area contributed by atoms with E-state index in [0.29, 0.717) is 18.0 Å². The first-order valence-electron chi connectivity index (χ1n) is 10.5. The molecule has 1 fully saturated rings. The first-order chi connectivity index (χ1) is 14.4. The molecule has 1 atom stereocenters. The van der Waals surface area contributed by atoms with Crippen LogP contribution in [0.2, 0.25) is 0 Å². The molecule has 2 aromatic carbocycles. The van der Waals surface area contributed by atoms with Gasteiger partial charge < -0.3 is 10.6 Å². The second kappa shape index (κ2) is 9.11. The van der Waals surface area contributed by atoms with Gasteiger partial charge in [-0.05, 0) is 35.6 Å². The lowest BCUT2D eigenvalue weighted by molar-refractivity contribution is -0.134. The van der Waals surface area contributed by atoms with E-state index in [1.807, 2.05) is 55.5 Å². The lowest BCUT2D eigenvalue weighted by Gasteiger charge is -2.27. The summed E-state index contributed by atoms with van der Waals surface area (Å²) in [5, 5.41) is 5.67. The Bertz CT molecular complexity index is 926. The van der Waals surface area contributed by atoms with Crippen molar-refractivity contribution in [2.75, 3.05) is 11.9 Å². The Morgan fingerprint density at radius 1 is 1.10 bits per heavy atom. The highest BCUT2D eigenvalue weighted by atomic mass is 16.2. The van der Waals surface area contributed by atoms with E-state index < -0.39 is 17.5 Å². The summed E-state index contributed by atoms with van der Waals surface area (Å²) in [5.74, 6) is -0.449. The fraction of sp³-hybridized carbons (Fsp3) is 0.375. The third-order valence-electron chi connectivity index (χ3n) is 5.49. The Hall–Kier alpha value is -3.15. The van der Waals surface area contributed by atoms with E-state index in [1.54, 1.807) is 6.07 Å². The zero-order valence-corrected chi connectivity index (χ0v) is 17.8. The molecule has 1 unspecified atom stereocenters. The summed E-state index contributed by atoms with van der Waals surface area (Å²) in [6.07, 6.45) is 2.17. The van der Waals surface area contributed by atoms with Gasteiger partial charge in [-0.3, -0.25) is 14.5 Å². The summed E-state index contributed by atoms with van der Waals surface area (Å²) < 4.78 is 0. The number of hydrogen-bond acceptors (Lipinski definition) is 3. The molecule has 0 saturated carbocycles. The molecule has 30 heavy (non-hydrogen) atoms. The molecule has 1 aliphatic heterocycles. The molecular formula is C24H29N3O3. The average molecular weight is 408 g/mol. The number of nitrogens with zero attached hydrogens (tertiary/aromatic N) is 1. The quantitative estimate of drug-likeness (QED) is 0.637. The van der Waals surface area contributed by atoms with Crippen molar-refractivity contribution >= 4 is 23.5 Å². The van der Waals surface area contributed by atoms with Crippen molar-refractivity contribution in [1.29, 1.82) is 0 Å². The number of anilines is 1. The summed E-state index contributed by atoms with van der Waals surface area (Å²) in [6, 6.07) is 16.3. The Morgan fingerprint density at radius 2 is 1.83 bits per heavy atom. The Balaban J connectivity index is 1.78. The largest absolute Gasteiger partial charge is 0.325 e. The smallest absolute Gasteiger partial charge is 0.325 e. The summed E-state index contributed by atoms with van der Waals surface area (Å²) in [6.45, 7) is 5.87. The van der Waals surface area contributed by atoms with Crippen molar-refractivity contribution in [1.82, 2.24) is 10.2 Å². The Morgan fingerprint density at radius 3 is 2.50 bits per heavy atom. The second-order valence-electron chi connectivity index (χ2n) is 8.02. The molecule has 1 aliphatic rings. The van der Waals surface area contributed by atoms with Crippen LogP contribution in [0.25, 0.3) is 0 Å². The number of amides is 4. The van der Waals surface area contributed by atoms with Crippen LogP contribution in [0.5, 0.6) is 0 Å². The van der Waals surface area contributed by atoms with Crippen LogP contribution >= 0.6 is 0 Å². The molecular weight excluding hydrogens is 378 g/mol. The number of imide groups is 1. The van der Waals surface area contributed by atoms with Crippen LogP contribution in [0.4, 0.5) is 10.5 Å². The number of carbonyl (C=O) groups excluding carboxylic acids is 3. The number of unbranched alkanes of at least 4 members (excludes halogenated alkanes) is 1. The molecule has 0 radical (unpaired) electrons. The Kier molecular flexibility index (Phi) is 6.55. The Labute approximate surface area is 177 Å². The van der Waals surface area contributed by atoms with Crippen molar-refractivity contribution in [2.24, 2.45) is 0 Å². The monoisotopic (exact) mass is 407 g/mol. The van der Waals surface area contributed by atoms with Crippen LogP contribution in [0.3, 0.4) is 0 Å². The van der Waals surface area contributed by atoms with E-state index in [0.717, 1.165) is 28.9 Å². The van der Waals surface area contributed by atoms with Crippen LogP contribution in [0, 0.1) is 0 Å². The summed E-state index contributed by atoms with van der Waals surface area (Å²) in [7, 11) is 0. The zero-order chi connectivity index (χ0) is 21.7. The fourth-order valence-corrected chi connectivity index (χ4v) is 3.76. The lowest BCUT2D eigenvalue weighted by atomic mass is 9.85. The third kappa shape index (κ3) is 4.37. The van der Waals surface area contributed by atoms with Gasteiger partial charge >= 0.3 is 6.03 Å². The maximum atomic E-state index is 13.3. The molecule has 4 amide bonds. The highest BCUT2D eigenvalue weighted by Gasteiger charge is 2.52. The first kappa shape index (κ1) is 21.6. The summed E-state index contributed by atoms with van der Waals surface area (Å²) >= 11 is 0. The van der Waals surface area contributed by atoms with E-state index in [1.165, 1.54) is 0 Å². The number of rotatable bonds is 8. The van der Waals surface area contributed by atoms with Gasteiger partial charge in [0.25, 0.3) is 5.91 Å².